The van der Waals surface area contributed by atoms with Crippen LogP contribution in [0.3, 0.4) is 0 Å². The molecule has 0 radical (unpaired) electrons. The number of hydrogen-bond acceptors (Lipinski definition) is 2. The van der Waals surface area contributed by atoms with Gasteiger partial charge in [0.2, 0.25) is 0 Å². The van der Waals surface area contributed by atoms with Gasteiger partial charge in [0.1, 0.15) is 5.82 Å². The van der Waals surface area contributed by atoms with Gasteiger partial charge in [0, 0.05) is 4.47 Å². The molecule has 0 spiro atoms. The lowest BCUT2D eigenvalue weighted by molar-refractivity contribution is 0.623. The first-order valence-corrected chi connectivity index (χ1v) is 6.14. The van der Waals surface area contributed by atoms with Gasteiger partial charge in [-0.3, -0.25) is 0 Å². The summed E-state index contributed by atoms with van der Waals surface area (Å²) in [5.41, 5.74) is 7.82. The molecule has 0 fully saturated rings. The van der Waals surface area contributed by atoms with E-state index >= 15 is 0 Å². The van der Waals surface area contributed by atoms with Gasteiger partial charge in [0.05, 0.1) is 6.04 Å². The van der Waals surface area contributed by atoms with Crippen LogP contribution in [0.2, 0.25) is 0 Å². The summed E-state index contributed by atoms with van der Waals surface area (Å²) in [5.74, 6) is -0.265. The van der Waals surface area contributed by atoms with Crippen LogP contribution in [0.1, 0.15) is 17.2 Å². The molecule has 0 bridgehead atoms. The number of rotatable bonds is 2. The Bertz CT molecular complexity index is 456. The van der Waals surface area contributed by atoms with E-state index in [1.165, 1.54) is 12.1 Å². The van der Waals surface area contributed by atoms with Crippen molar-refractivity contribution in [2.24, 2.45) is 5.73 Å². The SMILES string of the molecule is N[C@@H](c1ccsc1)c1cc(F)ccc1Br. The molecule has 15 heavy (non-hydrogen) atoms. The molecule has 78 valence electrons. The fraction of sp³-hybridized carbons (Fsp3) is 0.0909. The van der Waals surface area contributed by atoms with E-state index in [4.69, 9.17) is 5.73 Å². The third-order valence-electron chi connectivity index (χ3n) is 2.20. The first-order valence-electron chi connectivity index (χ1n) is 4.41. The fourth-order valence-electron chi connectivity index (χ4n) is 1.38. The molecule has 2 rings (SSSR count). The summed E-state index contributed by atoms with van der Waals surface area (Å²) in [6, 6.07) is 6.23. The Hall–Kier alpha value is -0.710. The molecular formula is C11H9BrFNS. The second kappa shape index (κ2) is 4.43. The molecule has 0 amide bonds. The quantitative estimate of drug-likeness (QED) is 0.895. The zero-order valence-electron chi connectivity index (χ0n) is 7.78. The maximum Gasteiger partial charge on any atom is 0.123 e. The first kappa shape index (κ1) is 10.8. The van der Waals surface area contributed by atoms with E-state index in [1.807, 2.05) is 16.8 Å². The lowest BCUT2D eigenvalue weighted by atomic mass is 10.0. The zero-order chi connectivity index (χ0) is 10.8. The molecule has 1 aromatic heterocycles. The van der Waals surface area contributed by atoms with E-state index in [1.54, 1.807) is 17.4 Å². The van der Waals surface area contributed by atoms with E-state index in [-0.39, 0.29) is 11.9 Å². The molecule has 1 nitrogen and oxygen atoms in total. The molecule has 4 heteroatoms. The lowest BCUT2D eigenvalue weighted by Crippen LogP contribution is -2.11. The molecule has 2 N–H and O–H groups in total. The summed E-state index contributed by atoms with van der Waals surface area (Å²) >= 11 is 4.96. The van der Waals surface area contributed by atoms with Gasteiger partial charge in [-0.1, -0.05) is 15.9 Å². The van der Waals surface area contributed by atoms with Crippen molar-refractivity contribution in [1.82, 2.24) is 0 Å². The summed E-state index contributed by atoms with van der Waals surface area (Å²) in [6.45, 7) is 0. The van der Waals surface area contributed by atoms with Crippen LogP contribution in [0, 0.1) is 5.82 Å². The topological polar surface area (TPSA) is 26.0 Å². The number of nitrogens with two attached hydrogens (primary N) is 1. The first-order chi connectivity index (χ1) is 7.18. The Labute approximate surface area is 99.9 Å². The third kappa shape index (κ3) is 2.27. The van der Waals surface area contributed by atoms with Crippen LogP contribution < -0.4 is 5.73 Å². The largest absolute Gasteiger partial charge is 0.320 e. The number of hydrogen-bond donors (Lipinski definition) is 1. The van der Waals surface area contributed by atoms with Crippen molar-refractivity contribution >= 4 is 27.3 Å². The monoisotopic (exact) mass is 285 g/mol. The van der Waals surface area contributed by atoms with Crippen molar-refractivity contribution in [3.8, 4) is 0 Å². The van der Waals surface area contributed by atoms with Crippen LogP contribution in [0.15, 0.2) is 39.5 Å². The summed E-state index contributed by atoms with van der Waals surface area (Å²) < 4.78 is 13.9. The van der Waals surface area contributed by atoms with Crippen LogP contribution in [-0.2, 0) is 0 Å². The fourth-order valence-corrected chi connectivity index (χ4v) is 2.57. The Morgan fingerprint density at radius 2 is 2.13 bits per heavy atom. The number of halogens is 2. The Kier molecular flexibility index (Phi) is 3.19. The smallest absolute Gasteiger partial charge is 0.123 e. The molecule has 0 aliphatic heterocycles. The minimum Gasteiger partial charge on any atom is -0.320 e. The van der Waals surface area contributed by atoms with Crippen molar-refractivity contribution in [3.63, 3.8) is 0 Å². The highest BCUT2D eigenvalue weighted by atomic mass is 79.9. The molecular weight excluding hydrogens is 277 g/mol. The highest BCUT2D eigenvalue weighted by Gasteiger charge is 2.13. The Morgan fingerprint density at radius 1 is 1.33 bits per heavy atom. The number of thiophene rings is 1. The Balaban J connectivity index is 2.41. The van der Waals surface area contributed by atoms with Gasteiger partial charge in [-0.15, -0.1) is 0 Å². The van der Waals surface area contributed by atoms with E-state index in [9.17, 15) is 4.39 Å². The molecule has 0 aliphatic rings. The lowest BCUT2D eigenvalue weighted by Gasteiger charge is -2.12. The van der Waals surface area contributed by atoms with Crippen LogP contribution in [0.5, 0.6) is 0 Å². The van der Waals surface area contributed by atoms with E-state index < -0.39 is 0 Å². The maximum absolute atomic E-state index is 13.1. The predicted molar refractivity (Wildman–Crippen MR) is 64.4 cm³/mol. The normalized spacial score (nSPS) is 12.7. The average Bonchev–Trinajstić information content (AvgIpc) is 2.74. The molecule has 0 aliphatic carbocycles. The van der Waals surface area contributed by atoms with Crippen LogP contribution in [0.4, 0.5) is 4.39 Å². The molecule has 0 unspecified atom stereocenters. The van der Waals surface area contributed by atoms with Crippen molar-refractivity contribution in [2.75, 3.05) is 0 Å². The van der Waals surface area contributed by atoms with Crippen LogP contribution in [-0.4, -0.2) is 0 Å². The van der Waals surface area contributed by atoms with Crippen molar-refractivity contribution < 1.29 is 4.39 Å². The zero-order valence-corrected chi connectivity index (χ0v) is 10.2. The van der Waals surface area contributed by atoms with Crippen molar-refractivity contribution in [3.05, 3.63) is 56.4 Å². The van der Waals surface area contributed by atoms with Gasteiger partial charge in [-0.05, 0) is 46.2 Å². The minimum atomic E-state index is -0.277. The summed E-state index contributed by atoms with van der Waals surface area (Å²) in [6.07, 6.45) is 0. The van der Waals surface area contributed by atoms with Gasteiger partial charge >= 0.3 is 0 Å². The maximum atomic E-state index is 13.1. The second-order valence-corrected chi connectivity index (χ2v) is 4.83. The van der Waals surface area contributed by atoms with Crippen LogP contribution >= 0.6 is 27.3 Å². The predicted octanol–water partition coefficient (Wildman–Crippen LogP) is 3.70. The van der Waals surface area contributed by atoms with Gasteiger partial charge in [-0.25, -0.2) is 4.39 Å². The molecule has 1 atom stereocenters. The van der Waals surface area contributed by atoms with Crippen molar-refractivity contribution in [1.29, 1.82) is 0 Å². The number of benzene rings is 1. The van der Waals surface area contributed by atoms with E-state index in [0.717, 1.165) is 15.6 Å². The van der Waals surface area contributed by atoms with Crippen molar-refractivity contribution in [2.45, 2.75) is 6.04 Å². The summed E-state index contributed by atoms with van der Waals surface area (Å²) in [7, 11) is 0. The van der Waals surface area contributed by atoms with Gasteiger partial charge in [0.15, 0.2) is 0 Å². The molecule has 1 heterocycles. The molecule has 0 saturated heterocycles. The van der Waals surface area contributed by atoms with E-state index in [0.29, 0.717) is 0 Å². The highest BCUT2D eigenvalue weighted by Crippen LogP contribution is 2.28. The molecule has 2 aromatic rings. The molecule has 1 aromatic carbocycles. The minimum absolute atomic E-state index is 0.265. The average molecular weight is 286 g/mol. The summed E-state index contributed by atoms with van der Waals surface area (Å²) in [4.78, 5) is 0. The highest BCUT2D eigenvalue weighted by molar-refractivity contribution is 9.10. The van der Waals surface area contributed by atoms with Gasteiger partial charge in [-0.2, -0.15) is 11.3 Å². The standard InChI is InChI=1S/C11H9BrFNS/c12-10-2-1-8(13)5-9(10)11(14)7-3-4-15-6-7/h1-6,11H,14H2/t11-/m0/s1. The third-order valence-corrected chi connectivity index (χ3v) is 3.62. The second-order valence-electron chi connectivity index (χ2n) is 3.20. The Morgan fingerprint density at radius 3 is 2.80 bits per heavy atom. The molecule has 0 saturated carbocycles. The summed E-state index contributed by atoms with van der Waals surface area (Å²) in [5, 5.41) is 3.93. The van der Waals surface area contributed by atoms with Gasteiger partial charge < -0.3 is 5.73 Å². The van der Waals surface area contributed by atoms with Gasteiger partial charge in [0.25, 0.3) is 0 Å². The van der Waals surface area contributed by atoms with Crippen LogP contribution in [0.25, 0.3) is 0 Å². The van der Waals surface area contributed by atoms with E-state index in [2.05, 4.69) is 15.9 Å².